The highest BCUT2D eigenvalue weighted by molar-refractivity contribution is 5.48. The van der Waals surface area contributed by atoms with Crippen molar-refractivity contribution in [2.45, 2.75) is 33.2 Å². The van der Waals surface area contributed by atoms with Crippen LogP contribution >= 0.6 is 0 Å². The first-order chi connectivity index (χ1) is 7.22. The molecular weight excluding hydrogens is 190 g/mol. The van der Waals surface area contributed by atoms with Gasteiger partial charge in [-0.05, 0) is 20.3 Å². The molecule has 0 fully saturated rings. The van der Waals surface area contributed by atoms with Gasteiger partial charge in [0.2, 0.25) is 0 Å². The molecule has 0 aromatic carbocycles. The van der Waals surface area contributed by atoms with Gasteiger partial charge < -0.3 is 10.3 Å². The molecule has 0 radical (unpaired) electrons. The highest BCUT2D eigenvalue weighted by Crippen LogP contribution is 2.17. The molecule has 15 heavy (non-hydrogen) atoms. The fourth-order valence-electron chi connectivity index (χ4n) is 1.50. The van der Waals surface area contributed by atoms with Crippen LogP contribution in [0.3, 0.4) is 0 Å². The van der Waals surface area contributed by atoms with Crippen molar-refractivity contribution in [2.24, 2.45) is 5.84 Å². The van der Waals surface area contributed by atoms with Crippen molar-refractivity contribution in [3.8, 4) is 0 Å². The molecule has 1 unspecified atom stereocenters. The summed E-state index contributed by atoms with van der Waals surface area (Å²) >= 11 is 0. The molecule has 84 valence electrons. The van der Waals surface area contributed by atoms with E-state index >= 15 is 0 Å². The van der Waals surface area contributed by atoms with Crippen LogP contribution in [-0.4, -0.2) is 22.6 Å². The Morgan fingerprint density at radius 2 is 2.20 bits per heavy atom. The average molecular weight is 209 g/mol. The van der Waals surface area contributed by atoms with Gasteiger partial charge in [-0.1, -0.05) is 6.92 Å². The summed E-state index contributed by atoms with van der Waals surface area (Å²) in [5.41, 5.74) is 2.53. The predicted molar refractivity (Wildman–Crippen MR) is 62.6 cm³/mol. The maximum Gasteiger partial charge on any atom is 0.145 e. The fraction of sp³-hybridized carbons (Fsp3) is 0.600. The number of anilines is 2. The Bertz CT molecular complexity index is 302. The summed E-state index contributed by atoms with van der Waals surface area (Å²) in [6.45, 7) is 7.39. The molecule has 1 aromatic rings. The van der Waals surface area contributed by atoms with Crippen LogP contribution in [0, 0.1) is 0 Å². The van der Waals surface area contributed by atoms with Gasteiger partial charge in [0, 0.05) is 18.7 Å². The normalized spacial score (nSPS) is 12.3. The van der Waals surface area contributed by atoms with Gasteiger partial charge in [0.1, 0.15) is 18.0 Å². The van der Waals surface area contributed by atoms with Crippen LogP contribution in [0.1, 0.15) is 27.2 Å². The molecule has 5 heteroatoms. The second kappa shape index (κ2) is 5.50. The number of nitrogens with zero attached hydrogens (tertiary/aromatic N) is 3. The van der Waals surface area contributed by atoms with Gasteiger partial charge in [-0.2, -0.15) is 0 Å². The van der Waals surface area contributed by atoms with E-state index in [0.717, 1.165) is 18.8 Å². The Morgan fingerprint density at radius 3 is 2.73 bits per heavy atom. The topological polar surface area (TPSA) is 67.1 Å². The average Bonchev–Trinajstić information content (AvgIpc) is 2.30. The van der Waals surface area contributed by atoms with Gasteiger partial charge in [-0.3, -0.25) is 0 Å². The third-order valence-electron chi connectivity index (χ3n) is 2.56. The molecule has 1 atom stereocenters. The number of rotatable bonds is 5. The van der Waals surface area contributed by atoms with Crippen LogP contribution in [-0.2, 0) is 0 Å². The summed E-state index contributed by atoms with van der Waals surface area (Å²) in [6.07, 6.45) is 2.61. The summed E-state index contributed by atoms with van der Waals surface area (Å²) in [7, 11) is 0. The SMILES string of the molecule is CCC(C)N(CC)c1cc(NN)ncn1. The number of nitrogens with one attached hydrogen (secondary N) is 1. The van der Waals surface area contributed by atoms with Crippen LogP contribution in [0.4, 0.5) is 11.6 Å². The van der Waals surface area contributed by atoms with E-state index < -0.39 is 0 Å². The third-order valence-corrected chi connectivity index (χ3v) is 2.56. The van der Waals surface area contributed by atoms with Crippen molar-refractivity contribution in [1.82, 2.24) is 9.97 Å². The van der Waals surface area contributed by atoms with Crippen LogP contribution in [0.15, 0.2) is 12.4 Å². The van der Waals surface area contributed by atoms with Gasteiger partial charge in [0.05, 0.1) is 0 Å². The Morgan fingerprint density at radius 1 is 1.47 bits per heavy atom. The van der Waals surface area contributed by atoms with Crippen molar-refractivity contribution in [3.05, 3.63) is 12.4 Å². The van der Waals surface area contributed by atoms with Crippen LogP contribution in [0.25, 0.3) is 0 Å². The molecule has 3 N–H and O–H groups in total. The van der Waals surface area contributed by atoms with Crippen molar-refractivity contribution < 1.29 is 0 Å². The zero-order valence-electron chi connectivity index (χ0n) is 9.57. The van der Waals surface area contributed by atoms with Crippen molar-refractivity contribution >= 4 is 11.6 Å². The first kappa shape index (κ1) is 11.7. The highest BCUT2D eigenvalue weighted by atomic mass is 15.3. The summed E-state index contributed by atoms with van der Waals surface area (Å²) < 4.78 is 0. The number of hydrazine groups is 1. The fourth-order valence-corrected chi connectivity index (χ4v) is 1.50. The maximum atomic E-state index is 5.31. The third kappa shape index (κ3) is 2.79. The van der Waals surface area contributed by atoms with Gasteiger partial charge >= 0.3 is 0 Å². The Balaban J connectivity index is 2.91. The molecule has 1 aromatic heterocycles. The molecule has 0 bridgehead atoms. The largest absolute Gasteiger partial charge is 0.354 e. The first-order valence-electron chi connectivity index (χ1n) is 5.28. The lowest BCUT2D eigenvalue weighted by molar-refractivity contribution is 0.622. The second-order valence-electron chi connectivity index (χ2n) is 3.45. The smallest absolute Gasteiger partial charge is 0.145 e. The molecule has 0 amide bonds. The van der Waals surface area contributed by atoms with E-state index in [4.69, 9.17) is 5.84 Å². The molecule has 1 rings (SSSR count). The van der Waals surface area contributed by atoms with Crippen molar-refractivity contribution in [1.29, 1.82) is 0 Å². The number of hydrogen-bond donors (Lipinski definition) is 2. The maximum absolute atomic E-state index is 5.31. The highest BCUT2D eigenvalue weighted by Gasteiger charge is 2.12. The lowest BCUT2D eigenvalue weighted by atomic mass is 10.2. The van der Waals surface area contributed by atoms with Crippen molar-refractivity contribution in [2.75, 3.05) is 16.9 Å². The number of aromatic nitrogens is 2. The zero-order valence-corrected chi connectivity index (χ0v) is 9.57. The molecule has 1 heterocycles. The summed E-state index contributed by atoms with van der Waals surface area (Å²) in [4.78, 5) is 10.5. The molecule has 0 spiro atoms. The van der Waals surface area contributed by atoms with Gasteiger partial charge in [0.15, 0.2) is 0 Å². The number of nitrogens with two attached hydrogens (primary N) is 1. The van der Waals surface area contributed by atoms with Gasteiger partial charge in [-0.15, -0.1) is 0 Å². The lowest BCUT2D eigenvalue weighted by Gasteiger charge is -2.28. The van der Waals surface area contributed by atoms with Crippen LogP contribution in [0.5, 0.6) is 0 Å². The van der Waals surface area contributed by atoms with E-state index in [1.165, 1.54) is 6.33 Å². The Kier molecular flexibility index (Phi) is 4.30. The lowest BCUT2D eigenvalue weighted by Crippen LogP contribution is -2.33. The minimum atomic E-state index is 0.468. The van der Waals surface area contributed by atoms with Crippen LogP contribution in [0.2, 0.25) is 0 Å². The van der Waals surface area contributed by atoms with E-state index in [2.05, 4.69) is 41.1 Å². The minimum Gasteiger partial charge on any atom is -0.354 e. The molecule has 0 aliphatic heterocycles. The summed E-state index contributed by atoms with van der Waals surface area (Å²) in [5.74, 6) is 6.86. The van der Waals surface area contributed by atoms with Crippen molar-refractivity contribution in [3.63, 3.8) is 0 Å². The zero-order chi connectivity index (χ0) is 11.3. The molecule has 5 nitrogen and oxygen atoms in total. The number of nitrogen functional groups attached to an aromatic ring is 1. The quantitative estimate of drug-likeness (QED) is 0.566. The molecule has 0 saturated heterocycles. The monoisotopic (exact) mass is 209 g/mol. The minimum absolute atomic E-state index is 0.468. The first-order valence-corrected chi connectivity index (χ1v) is 5.28. The van der Waals surface area contributed by atoms with E-state index in [1.54, 1.807) is 0 Å². The Labute approximate surface area is 90.7 Å². The molecule has 0 saturated carbocycles. The van der Waals surface area contributed by atoms with Crippen LogP contribution < -0.4 is 16.2 Å². The second-order valence-corrected chi connectivity index (χ2v) is 3.45. The molecule has 0 aliphatic rings. The molecule has 0 aliphatic carbocycles. The molecular formula is C10H19N5. The van der Waals surface area contributed by atoms with E-state index in [9.17, 15) is 0 Å². The number of hydrogen-bond acceptors (Lipinski definition) is 5. The standard InChI is InChI=1S/C10H19N5/c1-4-8(3)15(5-2)10-6-9(14-11)12-7-13-10/h6-8H,4-5,11H2,1-3H3,(H,12,13,14). The summed E-state index contributed by atoms with van der Waals surface area (Å²) in [5, 5.41) is 0. The van der Waals surface area contributed by atoms with Gasteiger partial charge in [0.25, 0.3) is 0 Å². The van der Waals surface area contributed by atoms with Gasteiger partial charge in [-0.25, -0.2) is 15.8 Å². The van der Waals surface area contributed by atoms with E-state index in [-0.39, 0.29) is 0 Å². The van der Waals surface area contributed by atoms with E-state index in [0.29, 0.717) is 11.9 Å². The predicted octanol–water partition coefficient (Wildman–Crippen LogP) is 1.39. The Hall–Kier alpha value is -1.36. The summed E-state index contributed by atoms with van der Waals surface area (Å²) in [6, 6.07) is 2.32. The van der Waals surface area contributed by atoms with E-state index in [1.807, 2.05) is 6.07 Å².